The van der Waals surface area contributed by atoms with Crippen molar-refractivity contribution in [2.24, 2.45) is 0 Å². The Bertz CT molecular complexity index is 580. The van der Waals surface area contributed by atoms with Crippen molar-refractivity contribution in [3.8, 4) is 0 Å². The van der Waals surface area contributed by atoms with Gasteiger partial charge < -0.3 is 15.0 Å². The smallest absolute Gasteiger partial charge is 0.318 e. The number of ether oxygens (including phenoxy) is 1. The summed E-state index contributed by atoms with van der Waals surface area (Å²) < 4.78 is 5.17. The zero-order chi connectivity index (χ0) is 17.9. The number of nitrogens with one attached hydrogen (secondary N) is 1. The highest BCUT2D eigenvalue weighted by Crippen LogP contribution is 2.47. The second kappa shape index (κ2) is 7.34. The number of methoxy groups -OCH3 is 1. The third kappa shape index (κ3) is 3.27. The van der Waals surface area contributed by atoms with E-state index in [0.717, 1.165) is 45.2 Å². The molecule has 1 aliphatic carbocycles. The van der Waals surface area contributed by atoms with Crippen LogP contribution >= 0.6 is 0 Å². The maximum atomic E-state index is 12.4. The lowest BCUT2D eigenvalue weighted by Gasteiger charge is -2.51. The molecule has 0 aromatic heterocycles. The number of hydrogen-bond acceptors (Lipinski definition) is 3. The molecule has 1 heterocycles. The first-order valence-corrected chi connectivity index (χ1v) is 9.31. The number of benzene rings is 1. The molecule has 1 aromatic carbocycles. The number of amides is 2. The molecular weight excluding hydrogens is 314 g/mol. The predicted molar refractivity (Wildman–Crippen MR) is 99.6 cm³/mol. The summed E-state index contributed by atoms with van der Waals surface area (Å²) in [5.74, 6) is 0. The lowest BCUT2D eigenvalue weighted by Crippen LogP contribution is -2.55. The minimum atomic E-state index is -0.0287. The molecule has 25 heavy (non-hydrogen) atoms. The zero-order valence-corrected chi connectivity index (χ0v) is 15.8. The molecule has 1 N–H and O–H groups in total. The summed E-state index contributed by atoms with van der Waals surface area (Å²) in [5, 5.41) is 3.09. The number of nitrogens with zero attached hydrogens (tertiary/aromatic N) is 2. The lowest BCUT2D eigenvalue weighted by atomic mass is 9.68. The standard InChI is InChI=1S/C20H31N3O2/c1-22(2)20(17-8-5-4-6-9-17)12-10-19(11-13-20)16-21-18(24)23(19)14-7-15-25-3/h4-6,8-9H,7,10-16H2,1-3H3,(H,21,24)/t19-,20+. The van der Waals surface area contributed by atoms with Gasteiger partial charge in [-0.3, -0.25) is 4.90 Å². The van der Waals surface area contributed by atoms with Gasteiger partial charge in [-0.1, -0.05) is 30.3 Å². The molecule has 2 amide bonds. The Hall–Kier alpha value is -1.59. The average molecular weight is 345 g/mol. The van der Waals surface area contributed by atoms with E-state index in [1.165, 1.54) is 5.56 Å². The maximum absolute atomic E-state index is 12.4. The Morgan fingerprint density at radius 2 is 1.84 bits per heavy atom. The minimum Gasteiger partial charge on any atom is -0.385 e. The number of urea groups is 1. The van der Waals surface area contributed by atoms with Gasteiger partial charge in [-0.05, 0) is 51.8 Å². The third-order valence-electron chi connectivity index (χ3n) is 6.29. The highest BCUT2D eigenvalue weighted by Gasteiger charge is 2.51. The molecule has 0 bridgehead atoms. The van der Waals surface area contributed by atoms with Crippen molar-refractivity contribution in [3.63, 3.8) is 0 Å². The Morgan fingerprint density at radius 1 is 1.16 bits per heavy atom. The van der Waals surface area contributed by atoms with Crippen LogP contribution in [0.5, 0.6) is 0 Å². The van der Waals surface area contributed by atoms with Crippen LogP contribution in [-0.4, -0.2) is 62.3 Å². The van der Waals surface area contributed by atoms with E-state index in [1.54, 1.807) is 7.11 Å². The van der Waals surface area contributed by atoms with Gasteiger partial charge >= 0.3 is 6.03 Å². The van der Waals surface area contributed by atoms with E-state index in [0.29, 0.717) is 6.61 Å². The molecule has 0 radical (unpaired) electrons. The summed E-state index contributed by atoms with van der Waals surface area (Å²) in [6.45, 7) is 2.25. The number of hydrogen-bond donors (Lipinski definition) is 1. The van der Waals surface area contributed by atoms with Crippen LogP contribution in [-0.2, 0) is 10.3 Å². The van der Waals surface area contributed by atoms with E-state index in [1.807, 2.05) is 0 Å². The molecule has 3 rings (SSSR count). The molecule has 0 unspecified atom stereocenters. The highest BCUT2D eigenvalue weighted by atomic mass is 16.5. The van der Waals surface area contributed by atoms with Crippen LogP contribution in [0, 0.1) is 0 Å². The van der Waals surface area contributed by atoms with Crippen LogP contribution in [0.25, 0.3) is 0 Å². The monoisotopic (exact) mass is 345 g/mol. The quantitative estimate of drug-likeness (QED) is 0.807. The Kier molecular flexibility index (Phi) is 5.35. The molecule has 0 atom stereocenters. The van der Waals surface area contributed by atoms with Crippen molar-refractivity contribution in [1.29, 1.82) is 0 Å². The predicted octanol–water partition coefficient (Wildman–Crippen LogP) is 2.82. The molecule has 5 heteroatoms. The number of rotatable bonds is 6. The summed E-state index contributed by atoms with van der Waals surface area (Å²) >= 11 is 0. The van der Waals surface area contributed by atoms with Gasteiger partial charge in [0.1, 0.15) is 0 Å². The summed E-state index contributed by atoms with van der Waals surface area (Å²) in [6.07, 6.45) is 5.10. The Balaban J connectivity index is 1.78. The van der Waals surface area contributed by atoms with Gasteiger partial charge in [0, 0.05) is 32.3 Å². The van der Waals surface area contributed by atoms with Crippen LogP contribution in [0.4, 0.5) is 4.79 Å². The van der Waals surface area contributed by atoms with E-state index in [-0.39, 0.29) is 17.1 Å². The van der Waals surface area contributed by atoms with Crippen molar-refractivity contribution < 1.29 is 9.53 Å². The zero-order valence-electron chi connectivity index (χ0n) is 15.8. The number of carbonyl (C=O) groups excluding carboxylic acids is 1. The van der Waals surface area contributed by atoms with Gasteiger partial charge in [0.2, 0.25) is 0 Å². The lowest BCUT2D eigenvalue weighted by molar-refractivity contribution is 0.0237. The molecule has 1 saturated carbocycles. The highest BCUT2D eigenvalue weighted by molar-refractivity contribution is 5.78. The van der Waals surface area contributed by atoms with E-state index in [4.69, 9.17) is 4.74 Å². The molecule has 1 spiro atoms. The van der Waals surface area contributed by atoms with E-state index in [9.17, 15) is 4.79 Å². The van der Waals surface area contributed by atoms with Gasteiger partial charge in [-0.25, -0.2) is 4.79 Å². The van der Waals surface area contributed by atoms with E-state index < -0.39 is 0 Å². The van der Waals surface area contributed by atoms with Crippen LogP contribution < -0.4 is 5.32 Å². The first-order chi connectivity index (χ1) is 12.0. The van der Waals surface area contributed by atoms with Crippen LogP contribution in [0.2, 0.25) is 0 Å². The van der Waals surface area contributed by atoms with Crippen molar-refractivity contribution in [2.45, 2.75) is 43.2 Å². The average Bonchev–Trinajstić information content (AvgIpc) is 2.93. The molecule has 2 aliphatic rings. The number of carbonyl (C=O) groups is 1. The first-order valence-electron chi connectivity index (χ1n) is 9.31. The first kappa shape index (κ1) is 18.2. The Labute approximate surface area is 151 Å². The summed E-state index contributed by atoms with van der Waals surface area (Å²) in [6, 6.07) is 10.9. The molecule has 1 saturated heterocycles. The second-order valence-corrected chi connectivity index (χ2v) is 7.67. The van der Waals surface area contributed by atoms with Crippen molar-refractivity contribution in [1.82, 2.24) is 15.1 Å². The fraction of sp³-hybridized carbons (Fsp3) is 0.650. The summed E-state index contributed by atoms with van der Waals surface area (Å²) in [4.78, 5) is 16.8. The van der Waals surface area contributed by atoms with Crippen LogP contribution in [0.1, 0.15) is 37.7 Å². The van der Waals surface area contributed by atoms with Gasteiger partial charge in [0.15, 0.2) is 0 Å². The van der Waals surface area contributed by atoms with E-state index >= 15 is 0 Å². The Morgan fingerprint density at radius 3 is 2.44 bits per heavy atom. The summed E-state index contributed by atoms with van der Waals surface area (Å²) in [7, 11) is 6.07. The third-order valence-corrected chi connectivity index (χ3v) is 6.29. The van der Waals surface area contributed by atoms with Gasteiger partial charge in [-0.15, -0.1) is 0 Å². The molecule has 1 aromatic rings. The fourth-order valence-electron chi connectivity index (χ4n) is 4.67. The normalized spacial score (nSPS) is 29.4. The van der Waals surface area contributed by atoms with Gasteiger partial charge in [-0.2, -0.15) is 0 Å². The van der Waals surface area contributed by atoms with E-state index in [2.05, 4.69) is 59.5 Å². The van der Waals surface area contributed by atoms with Crippen LogP contribution in [0.3, 0.4) is 0 Å². The largest absolute Gasteiger partial charge is 0.385 e. The fourth-order valence-corrected chi connectivity index (χ4v) is 4.67. The minimum absolute atomic E-state index is 0.0287. The molecular formula is C20H31N3O2. The SMILES string of the molecule is COCCCN1C(=O)NC[C@]12CC[C@](c1ccccc1)(N(C)C)CC2. The molecule has 2 fully saturated rings. The van der Waals surface area contributed by atoms with Crippen LogP contribution in [0.15, 0.2) is 30.3 Å². The molecule has 138 valence electrons. The van der Waals surface area contributed by atoms with Gasteiger partial charge in [0.25, 0.3) is 0 Å². The maximum Gasteiger partial charge on any atom is 0.318 e. The topological polar surface area (TPSA) is 44.8 Å². The van der Waals surface area contributed by atoms with Crippen molar-refractivity contribution in [3.05, 3.63) is 35.9 Å². The van der Waals surface area contributed by atoms with Crippen molar-refractivity contribution in [2.75, 3.05) is 40.9 Å². The molecule has 1 aliphatic heterocycles. The second-order valence-electron chi connectivity index (χ2n) is 7.67. The van der Waals surface area contributed by atoms with Crippen molar-refractivity contribution >= 4 is 6.03 Å². The molecule has 5 nitrogen and oxygen atoms in total. The van der Waals surface area contributed by atoms with Gasteiger partial charge in [0.05, 0.1) is 5.54 Å². The summed E-state index contributed by atoms with van der Waals surface area (Å²) in [5.41, 5.74) is 1.42.